The number of aromatic nitrogens is 3. The van der Waals surface area contributed by atoms with E-state index in [1.54, 1.807) is 17.8 Å². The SMILES string of the molecule is CC.CCC(=O)/C=C/C(=O)NCc1cn(CCC(=O)NCC(C)C)nn1. The molecule has 8 heteroatoms. The van der Waals surface area contributed by atoms with Crippen molar-refractivity contribution in [3.05, 3.63) is 24.0 Å². The van der Waals surface area contributed by atoms with Crippen molar-refractivity contribution in [2.45, 2.75) is 60.5 Å². The Morgan fingerprint density at radius 2 is 1.88 bits per heavy atom. The first kappa shape index (κ1) is 23.5. The van der Waals surface area contributed by atoms with Crippen LogP contribution >= 0.6 is 0 Å². The minimum atomic E-state index is -0.362. The number of carbonyl (C=O) groups is 3. The lowest BCUT2D eigenvalue weighted by Gasteiger charge is -2.07. The number of hydrogen-bond acceptors (Lipinski definition) is 5. The van der Waals surface area contributed by atoms with Crippen molar-refractivity contribution >= 4 is 17.6 Å². The molecule has 0 aliphatic heterocycles. The van der Waals surface area contributed by atoms with Crippen LogP contribution in [-0.4, -0.2) is 39.1 Å². The molecule has 0 aliphatic carbocycles. The lowest BCUT2D eigenvalue weighted by molar-refractivity contribution is -0.121. The average Bonchev–Trinajstić information content (AvgIpc) is 3.10. The number of hydrogen-bond donors (Lipinski definition) is 2. The third-order valence-corrected chi connectivity index (χ3v) is 3.07. The van der Waals surface area contributed by atoms with E-state index in [1.807, 2.05) is 27.7 Å². The lowest BCUT2D eigenvalue weighted by atomic mass is 10.2. The molecule has 1 heterocycles. The Morgan fingerprint density at radius 3 is 2.50 bits per heavy atom. The van der Waals surface area contributed by atoms with Gasteiger partial charge in [-0.15, -0.1) is 5.10 Å². The van der Waals surface area contributed by atoms with Crippen molar-refractivity contribution < 1.29 is 14.4 Å². The van der Waals surface area contributed by atoms with Crippen molar-refractivity contribution in [1.29, 1.82) is 0 Å². The second-order valence-corrected chi connectivity index (χ2v) is 5.79. The van der Waals surface area contributed by atoms with Crippen molar-refractivity contribution in [2.24, 2.45) is 5.92 Å². The summed E-state index contributed by atoms with van der Waals surface area (Å²) in [6.45, 7) is 11.1. The average molecular weight is 365 g/mol. The molecule has 0 aromatic carbocycles. The van der Waals surface area contributed by atoms with Crippen molar-refractivity contribution in [3.63, 3.8) is 0 Å². The molecule has 2 amide bonds. The summed E-state index contributed by atoms with van der Waals surface area (Å²) in [5.74, 6) is -0.0803. The Balaban J connectivity index is 0.00000301. The highest BCUT2D eigenvalue weighted by atomic mass is 16.2. The zero-order valence-corrected chi connectivity index (χ0v) is 16.4. The Kier molecular flexibility index (Phi) is 12.4. The van der Waals surface area contributed by atoms with E-state index in [4.69, 9.17) is 0 Å². The lowest BCUT2D eigenvalue weighted by Crippen LogP contribution is -2.28. The topological polar surface area (TPSA) is 106 Å². The van der Waals surface area contributed by atoms with Gasteiger partial charge in [-0.1, -0.05) is 39.8 Å². The summed E-state index contributed by atoms with van der Waals surface area (Å²) in [7, 11) is 0. The van der Waals surface area contributed by atoms with Gasteiger partial charge in [0.05, 0.1) is 19.3 Å². The quantitative estimate of drug-likeness (QED) is 0.613. The maximum atomic E-state index is 11.6. The Hall–Kier alpha value is -2.51. The summed E-state index contributed by atoms with van der Waals surface area (Å²) in [6.07, 6.45) is 4.82. The monoisotopic (exact) mass is 365 g/mol. The first-order valence-corrected chi connectivity index (χ1v) is 9.05. The maximum absolute atomic E-state index is 11.6. The molecule has 0 saturated carbocycles. The zero-order chi connectivity index (χ0) is 19.9. The van der Waals surface area contributed by atoms with E-state index in [0.29, 0.717) is 37.5 Å². The van der Waals surface area contributed by atoms with Crippen LogP contribution in [0.4, 0.5) is 0 Å². The van der Waals surface area contributed by atoms with Crippen LogP contribution in [-0.2, 0) is 27.5 Å². The van der Waals surface area contributed by atoms with E-state index in [9.17, 15) is 14.4 Å². The minimum Gasteiger partial charge on any atom is -0.356 e. The molecule has 0 saturated heterocycles. The van der Waals surface area contributed by atoms with Gasteiger partial charge in [0, 0.05) is 25.5 Å². The fourth-order valence-corrected chi connectivity index (χ4v) is 1.67. The predicted molar refractivity (Wildman–Crippen MR) is 100 cm³/mol. The first-order chi connectivity index (χ1) is 12.4. The highest BCUT2D eigenvalue weighted by Gasteiger charge is 2.06. The largest absolute Gasteiger partial charge is 0.356 e. The molecule has 0 fully saturated rings. The summed E-state index contributed by atoms with van der Waals surface area (Å²) in [6, 6.07) is 0. The van der Waals surface area contributed by atoms with E-state index in [0.717, 1.165) is 0 Å². The number of aryl methyl sites for hydroxylation is 1. The van der Waals surface area contributed by atoms with E-state index < -0.39 is 0 Å². The van der Waals surface area contributed by atoms with Gasteiger partial charge in [-0.05, 0) is 12.0 Å². The van der Waals surface area contributed by atoms with Crippen LogP contribution in [0.15, 0.2) is 18.3 Å². The van der Waals surface area contributed by atoms with Crippen LogP contribution in [0.25, 0.3) is 0 Å². The standard InChI is InChI=1S/C16H25N5O3.C2H6/c1-4-14(22)5-6-15(23)18-10-13-11-21(20-19-13)8-7-16(24)17-9-12(2)3;1-2/h5-6,11-12H,4,7-10H2,1-3H3,(H,17,24)(H,18,23);1-2H3/b6-5+;. The molecule has 0 bridgehead atoms. The molecule has 26 heavy (non-hydrogen) atoms. The van der Waals surface area contributed by atoms with E-state index in [-0.39, 0.29) is 24.1 Å². The molecule has 0 radical (unpaired) electrons. The molecule has 1 aromatic rings. The van der Waals surface area contributed by atoms with Gasteiger partial charge in [0.2, 0.25) is 11.8 Å². The maximum Gasteiger partial charge on any atom is 0.244 e. The molecule has 0 aliphatic rings. The normalized spacial score (nSPS) is 10.4. The summed E-state index contributed by atoms with van der Waals surface area (Å²) in [4.78, 5) is 34.2. The number of rotatable bonds is 10. The molecular weight excluding hydrogens is 334 g/mol. The van der Waals surface area contributed by atoms with E-state index >= 15 is 0 Å². The van der Waals surface area contributed by atoms with Gasteiger partial charge in [-0.25, -0.2) is 0 Å². The molecule has 2 N–H and O–H groups in total. The number of carbonyl (C=O) groups excluding carboxylic acids is 3. The highest BCUT2D eigenvalue weighted by Crippen LogP contribution is 1.96. The summed E-state index contributed by atoms with van der Waals surface area (Å²) in [5, 5.41) is 13.3. The summed E-state index contributed by atoms with van der Waals surface area (Å²) >= 11 is 0. The minimum absolute atomic E-state index is 0.0280. The second-order valence-electron chi connectivity index (χ2n) is 5.79. The fourth-order valence-electron chi connectivity index (χ4n) is 1.67. The van der Waals surface area contributed by atoms with Gasteiger partial charge in [0.1, 0.15) is 5.69 Å². The fraction of sp³-hybridized carbons (Fsp3) is 0.611. The molecule has 8 nitrogen and oxygen atoms in total. The molecule has 0 atom stereocenters. The number of allylic oxidation sites excluding steroid dienone is 1. The van der Waals surface area contributed by atoms with Crippen LogP contribution in [0.5, 0.6) is 0 Å². The van der Waals surface area contributed by atoms with Gasteiger partial charge >= 0.3 is 0 Å². The smallest absolute Gasteiger partial charge is 0.244 e. The molecular formula is C18H31N5O3. The van der Waals surface area contributed by atoms with Crippen LogP contribution < -0.4 is 10.6 Å². The van der Waals surface area contributed by atoms with Gasteiger partial charge < -0.3 is 10.6 Å². The van der Waals surface area contributed by atoms with Crippen LogP contribution in [0.2, 0.25) is 0 Å². The second kappa shape index (κ2) is 13.7. The number of amides is 2. The summed E-state index contributed by atoms with van der Waals surface area (Å²) < 4.78 is 1.56. The van der Waals surface area contributed by atoms with Gasteiger partial charge in [0.15, 0.2) is 5.78 Å². The van der Waals surface area contributed by atoms with E-state index in [1.165, 1.54) is 12.2 Å². The molecule has 1 aromatic heterocycles. The predicted octanol–water partition coefficient (Wildman–Crippen LogP) is 1.62. The third kappa shape index (κ3) is 11.1. The Morgan fingerprint density at radius 1 is 1.19 bits per heavy atom. The summed E-state index contributed by atoms with van der Waals surface area (Å²) in [5.41, 5.74) is 0.584. The first-order valence-electron chi connectivity index (χ1n) is 9.05. The molecule has 1 rings (SSSR count). The number of nitrogens with zero attached hydrogens (tertiary/aromatic N) is 3. The molecule has 0 spiro atoms. The van der Waals surface area contributed by atoms with Gasteiger partial charge in [0.25, 0.3) is 0 Å². The third-order valence-electron chi connectivity index (χ3n) is 3.07. The highest BCUT2D eigenvalue weighted by molar-refractivity contribution is 5.97. The van der Waals surface area contributed by atoms with Crippen molar-refractivity contribution in [1.82, 2.24) is 25.6 Å². The van der Waals surface area contributed by atoms with Crippen molar-refractivity contribution in [3.8, 4) is 0 Å². The molecule has 0 unspecified atom stereocenters. The van der Waals surface area contributed by atoms with Crippen LogP contribution in [0.1, 0.15) is 53.2 Å². The number of nitrogens with one attached hydrogen (secondary N) is 2. The molecule has 146 valence electrons. The van der Waals surface area contributed by atoms with Crippen LogP contribution in [0, 0.1) is 5.92 Å². The van der Waals surface area contributed by atoms with Gasteiger partial charge in [-0.3, -0.25) is 19.1 Å². The number of ketones is 1. The van der Waals surface area contributed by atoms with Gasteiger partial charge in [-0.2, -0.15) is 0 Å². The zero-order valence-electron chi connectivity index (χ0n) is 16.4. The van der Waals surface area contributed by atoms with Crippen molar-refractivity contribution in [2.75, 3.05) is 6.54 Å². The van der Waals surface area contributed by atoms with E-state index in [2.05, 4.69) is 20.9 Å². The van der Waals surface area contributed by atoms with Crippen LogP contribution in [0.3, 0.4) is 0 Å². The Bertz CT molecular complexity index is 593. The Labute approximate surface area is 155 Å².